The molecule has 0 radical (unpaired) electrons. The SMILES string of the molecule is CC(=O)N[C@H](CC(=O)O)C(=O)O.CN1CCN(C(=O)O[C@@H]2c3nccnc3C(=O)N2c2ccc(Cl)cn2)CC1. The molecule has 0 spiro atoms. The van der Waals surface area contributed by atoms with Crippen molar-refractivity contribution in [2.24, 2.45) is 0 Å². The smallest absolute Gasteiger partial charge is 0.412 e. The molecule has 0 bridgehead atoms. The summed E-state index contributed by atoms with van der Waals surface area (Å²) in [5.74, 6) is -3.31. The zero-order chi connectivity index (χ0) is 28.7. The molecule has 2 atom stereocenters. The van der Waals surface area contributed by atoms with Crippen LogP contribution < -0.4 is 10.2 Å². The lowest BCUT2D eigenvalue weighted by atomic mass is 10.2. The van der Waals surface area contributed by atoms with E-state index in [1.807, 2.05) is 12.4 Å². The van der Waals surface area contributed by atoms with Gasteiger partial charge in [-0.25, -0.2) is 24.5 Å². The molecule has 208 valence electrons. The van der Waals surface area contributed by atoms with E-state index in [1.54, 1.807) is 17.0 Å². The number of nitrogens with zero attached hydrogens (tertiary/aromatic N) is 6. The van der Waals surface area contributed by atoms with E-state index in [2.05, 4.69) is 19.9 Å². The summed E-state index contributed by atoms with van der Waals surface area (Å²) in [5, 5.41) is 19.1. The van der Waals surface area contributed by atoms with E-state index in [1.165, 1.54) is 23.5 Å². The van der Waals surface area contributed by atoms with Gasteiger partial charge in [-0.2, -0.15) is 0 Å². The lowest BCUT2D eigenvalue weighted by Gasteiger charge is -2.33. The van der Waals surface area contributed by atoms with Crippen molar-refractivity contribution in [1.29, 1.82) is 0 Å². The van der Waals surface area contributed by atoms with Gasteiger partial charge in [0, 0.05) is 51.7 Å². The number of pyridine rings is 1. The summed E-state index contributed by atoms with van der Waals surface area (Å²) in [6.07, 6.45) is 2.17. The van der Waals surface area contributed by atoms with E-state index in [9.17, 15) is 24.0 Å². The van der Waals surface area contributed by atoms with Gasteiger partial charge >= 0.3 is 18.0 Å². The Morgan fingerprint density at radius 3 is 2.33 bits per heavy atom. The molecule has 1 saturated heterocycles. The van der Waals surface area contributed by atoms with Crippen molar-refractivity contribution in [1.82, 2.24) is 30.1 Å². The van der Waals surface area contributed by atoms with Crippen LogP contribution in [-0.4, -0.2) is 104 Å². The standard InChI is InChI=1S/C17H17ClN6O3.C6H9NO5/c1-22-6-8-23(9-7-22)17(26)27-16-14-13(19-4-5-20-14)15(25)24(16)12-3-2-11(18)10-21-12;1-3(8)7-4(6(11)12)2-5(9)10/h2-5,10,16H,6-9H2,1H3;4H,2H2,1H3,(H,7,8)(H,9,10)(H,11,12)/t16-;4-/m11/s1. The largest absolute Gasteiger partial charge is 0.481 e. The fourth-order valence-electron chi connectivity index (χ4n) is 3.66. The van der Waals surface area contributed by atoms with Crippen LogP contribution in [-0.2, 0) is 19.1 Å². The van der Waals surface area contributed by atoms with Crippen molar-refractivity contribution in [3.63, 3.8) is 0 Å². The average molecular weight is 564 g/mol. The fourth-order valence-corrected chi connectivity index (χ4v) is 3.77. The number of aromatic nitrogens is 3. The number of halogens is 1. The highest BCUT2D eigenvalue weighted by molar-refractivity contribution is 6.30. The summed E-state index contributed by atoms with van der Waals surface area (Å²) < 4.78 is 5.68. The number of hydrogen-bond acceptors (Lipinski definition) is 10. The van der Waals surface area contributed by atoms with Gasteiger partial charge in [0.25, 0.3) is 5.91 Å². The normalized spacial score (nSPS) is 17.4. The van der Waals surface area contributed by atoms with Gasteiger partial charge in [0.05, 0.1) is 11.4 Å². The quantitative estimate of drug-likeness (QED) is 0.443. The van der Waals surface area contributed by atoms with Crippen molar-refractivity contribution >= 4 is 47.3 Å². The maximum absolute atomic E-state index is 12.8. The second-order valence-electron chi connectivity index (χ2n) is 8.52. The van der Waals surface area contributed by atoms with Gasteiger partial charge < -0.3 is 30.1 Å². The number of carboxylic acids is 2. The number of carboxylic acid groups (broad SMARTS) is 2. The second kappa shape index (κ2) is 12.9. The summed E-state index contributed by atoms with van der Waals surface area (Å²) in [4.78, 5) is 73.8. The molecule has 15 nitrogen and oxygen atoms in total. The van der Waals surface area contributed by atoms with Crippen LogP contribution in [0.5, 0.6) is 0 Å². The van der Waals surface area contributed by atoms with Crippen LogP contribution in [0.2, 0.25) is 5.02 Å². The molecule has 16 heteroatoms. The predicted octanol–water partition coefficient (Wildman–Crippen LogP) is 0.618. The van der Waals surface area contributed by atoms with Gasteiger partial charge in [-0.15, -0.1) is 0 Å². The number of aliphatic carboxylic acids is 2. The molecule has 3 N–H and O–H groups in total. The molecule has 39 heavy (non-hydrogen) atoms. The van der Waals surface area contributed by atoms with E-state index in [0.29, 0.717) is 29.6 Å². The highest BCUT2D eigenvalue weighted by Crippen LogP contribution is 2.35. The number of rotatable bonds is 6. The van der Waals surface area contributed by atoms with Crippen molar-refractivity contribution in [2.75, 3.05) is 38.1 Å². The lowest BCUT2D eigenvalue weighted by Crippen LogP contribution is -2.48. The summed E-state index contributed by atoms with van der Waals surface area (Å²) in [7, 11) is 2.00. The van der Waals surface area contributed by atoms with E-state index in [-0.39, 0.29) is 5.69 Å². The lowest BCUT2D eigenvalue weighted by molar-refractivity contribution is -0.147. The number of hydrogen-bond donors (Lipinski definition) is 3. The van der Waals surface area contributed by atoms with Crippen molar-refractivity contribution in [3.05, 3.63) is 47.1 Å². The Kier molecular flexibility index (Phi) is 9.68. The average Bonchev–Trinajstić information content (AvgIpc) is 3.15. The number of nitrogens with one attached hydrogen (secondary N) is 1. The maximum atomic E-state index is 12.8. The van der Waals surface area contributed by atoms with E-state index in [4.69, 9.17) is 26.6 Å². The molecular formula is C23H26ClN7O8. The topological polar surface area (TPSA) is 195 Å². The maximum Gasteiger partial charge on any atom is 0.412 e. The minimum absolute atomic E-state index is 0.144. The molecular weight excluding hydrogens is 538 g/mol. The van der Waals surface area contributed by atoms with Crippen molar-refractivity contribution < 1.29 is 38.9 Å². The Labute approximate surface area is 227 Å². The van der Waals surface area contributed by atoms with Crippen LogP contribution in [0.4, 0.5) is 10.6 Å². The Morgan fingerprint density at radius 1 is 1.10 bits per heavy atom. The summed E-state index contributed by atoms with van der Waals surface area (Å²) in [6.45, 7) is 3.76. The molecule has 4 rings (SSSR count). The third-order valence-electron chi connectivity index (χ3n) is 5.60. The highest BCUT2D eigenvalue weighted by atomic mass is 35.5. The summed E-state index contributed by atoms with van der Waals surface area (Å²) >= 11 is 5.89. The Hall–Kier alpha value is -4.37. The molecule has 2 aromatic heterocycles. The van der Waals surface area contributed by atoms with Crippen molar-refractivity contribution in [2.45, 2.75) is 25.6 Å². The van der Waals surface area contributed by atoms with Gasteiger partial charge in [-0.3, -0.25) is 19.4 Å². The van der Waals surface area contributed by atoms with Gasteiger partial charge in [0.1, 0.15) is 17.6 Å². The number of carbonyl (C=O) groups excluding carboxylic acids is 3. The number of likely N-dealkylation sites (N-methyl/N-ethyl adjacent to an activating group) is 1. The van der Waals surface area contributed by atoms with Gasteiger partial charge in [-0.05, 0) is 19.2 Å². The van der Waals surface area contributed by atoms with Gasteiger partial charge in [-0.1, -0.05) is 11.6 Å². The van der Waals surface area contributed by atoms with Crippen LogP contribution in [0, 0.1) is 0 Å². The zero-order valence-electron chi connectivity index (χ0n) is 21.0. The van der Waals surface area contributed by atoms with E-state index >= 15 is 0 Å². The van der Waals surface area contributed by atoms with E-state index in [0.717, 1.165) is 20.0 Å². The number of anilines is 1. The number of amides is 3. The molecule has 0 unspecified atom stereocenters. The minimum Gasteiger partial charge on any atom is -0.481 e. The second-order valence-corrected chi connectivity index (χ2v) is 8.95. The fraction of sp³-hybridized carbons (Fsp3) is 0.391. The molecule has 4 heterocycles. The monoisotopic (exact) mass is 563 g/mol. The molecule has 2 aliphatic rings. The van der Waals surface area contributed by atoms with Gasteiger partial charge in [0.15, 0.2) is 5.69 Å². The first-order valence-corrected chi connectivity index (χ1v) is 12.0. The Balaban J connectivity index is 0.000000298. The summed E-state index contributed by atoms with van der Waals surface area (Å²) in [5.41, 5.74) is 0.437. The first-order valence-electron chi connectivity index (χ1n) is 11.6. The van der Waals surface area contributed by atoms with Crippen LogP contribution >= 0.6 is 11.6 Å². The Morgan fingerprint density at radius 2 is 1.77 bits per heavy atom. The highest BCUT2D eigenvalue weighted by Gasteiger charge is 2.44. The van der Waals surface area contributed by atoms with Crippen LogP contribution in [0.15, 0.2) is 30.7 Å². The molecule has 3 amide bonds. The first-order chi connectivity index (χ1) is 18.5. The van der Waals surface area contributed by atoms with Gasteiger partial charge in [0.2, 0.25) is 12.1 Å². The summed E-state index contributed by atoms with van der Waals surface area (Å²) in [6, 6.07) is 1.85. The zero-order valence-corrected chi connectivity index (χ0v) is 21.7. The number of ether oxygens (including phenoxy) is 1. The van der Waals surface area contributed by atoms with Crippen LogP contribution in [0.3, 0.4) is 0 Å². The molecule has 0 aromatic carbocycles. The van der Waals surface area contributed by atoms with E-state index < -0.39 is 48.5 Å². The third kappa shape index (κ3) is 7.58. The minimum atomic E-state index is -1.35. The molecule has 0 aliphatic carbocycles. The first kappa shape index (κ1) is 29.2. The number of fused-ring (bicyclic) bond motifs is 1. The van der Waals surface area contributed by atoms with Crippen molar-refractivity contribution in [3.8, 4) is 0 Å². The third-order valence-corrected chi connectivity index (χ3v) is 5.83. The molecule has 2 aliphatic heterocycles. The van der Waals surface area contributed by atoms with Crippen LogP contribution in [0.25, 0.3) is 0 Å². The number of carbonyl (C=O) groups is 5. The molecule has 2 aromatic rings. The predicted molar refractivity (Wildman–Crippen MR) is 134 cm³/mol. The Bertz CT molecular complexity index is 1220. The number of piperazine rings is 1. The molecule has 0 saturated carbocycles. The molecule has 1 fully saturated rings. The van der Waals surface area contributed by atoms with Crippen LogP contribution in [0.1, 0.15) is 35.8 Å².